The third-order valence-corrected chi connectivity index (χ3v) is 3.62. The van der Waals surface area contributed by atoms with Crippen LogP contribution in [0.25, 0.3) is 22.2 Å². The number of nitrogens with zero attached hydrogens (tertiary/aromatic N) is 2. The van der Waals surface area contributed by atoms with Crippen LogP contribution in [0.4, 0.5) is 5.69 Å². The average molecular weight is 256 g/mol. The molecule has 0 aliphatic carbocycles. The van der Waals surface area contributed by atoms with Gasteiger partial charge in [-0.1, -0.05) is 0 Å². The van der Waals surface area contributed by atoms with Crippen molar-refractivity contribution in [3.63, 3.8) is 0 Å². The van der Waals surface area contributed by atoms with Crippen LogP contribution in [0.5, 0.6) is 5.75 Å². The number of nitrogen functional groups attached to an aromatic ring is 1. The Morgan fingerprint density at radius 2 is 2.16 bits per heavy atom. The number of nitrogens with one attached hydrogen (secondary N) is 1. The maximum absolute atomic E-state index is 5.98. The summed E-state index contributed by atoms with van der Waals surface area (Å²) >= 11 is 0. The first-order valence-electron chi connectivity index (χ1n) is 6.05. The number of methoxy groups -OCH3 is 1. The minimum absolute atomic E-state index is 0.651. The minimum Gasteiger partial charge on any atom is -0.497 e. The Hall–Kier alpha value is -2.43. The summed E-state index contributed by atoms with van der Waals surface area (Å²) in [6, 6.07) is 6.04. The molecule has 0 saturated heterocycles. The van der Waals surface area contributed by atoms with E-state index in [1.54, 1.807) is 13.3 Å². The number of nitrogens with two attached hydrogens (primary N) is 1. The number of rotatable bonds is 2. The molecule has 2 aromatic heterocycles. The lowest BCUT2D eigenvalue weighted by atomic mass is 10.1. The van der Waals surface area contributed by atoms with E-state index in [1.165, 1.54) is 0 Å². The summed E-state index contributed by atoms with van der Waals surface area (Å²) in [6.07, 6.45) is 1.63. The smallest absolute Gasteiger partial charge is 0.119 e. The topological polar surface area (TPSA) is 68.9 Å². The van der Waals surface area contributed by atoms with Crippen molar-refractivity contribution in [3.05, 3.63) is 30.1 Å². The molecule has 98 valence electrons. The summed E-state index contributed by atoms with van der Waals surface area (Å²) in [5, 5.41) is 8.09. The lowest BCUT2D eigenvalue weighted by Crippen LogP contribution is -1.92. The van der Waals surface area contributed by atoms with E-state index in [4.69, 9.17) is 10.5 Å². The standard InChI is InChI=1S/C14H16N4O/c1-8-13(14-11(15)7-16-17-14)10-6-9(19-3)4-5-12(10)18(8)2/h4-7H,15H2,1-3H3,(H,16,17). The lowest BCUT2D eigenvalue weighted by molar-refractivity contribution is 0.415. The molecule has 3 aromatic rings. The van der Waals surface area contributed by atoms with Gasteiger partial charge in [-0.15, -0.1) is 0 Å². The van der Waals surface area contributed by atoms with Crippen molar-refractivity contribution in [1.82, 2.24) is 14.8 Å². The van der Waals surface area contributed by atoms with Gasteiger partial charge in [-0.05, 0) is 25.1 Å². The van der Waals surface area contributed by atoms with Gasteiger partial charge < -0.3 is 15.0 Å². The number of anilines is 1. The van der Waals surface area contributed by atoms with Crippen LogP contribution in [0.2, 0.25) is 0 Å². The summed E-state index contributed by atoms with van der Waals surface area (Å²) in [5.74, 6) is 0.831. The van der Waals surface area contributed by atoms with Crippen molar-refractivity contribution < 1.29 is 4.74 Å². The number of hydrogen-bond donors (Lipinski definition) is 2. The summed E-state index contributed by atoms with van der Waals surface area (Å²) in [6.45, 7) is 2.07. The van der Waals surface area contributed by atoms with Crippen LogP contribution in [0.3, 0.4) is 0 Å². The number of ether oxygens (including phenoxy) is 1. The van der Waals surface area contributed by atoms with E-state index < -0.39 is 0 Å². The largest absolute Gasteiger partial charge is 0.497 e. The van der Waals surface area contributed by atoms with Gasteiger partial charge in [0.25, 0.3) is 0 Å². The van der Waals surface area contributed by atoms with Gasteiger partial charge >= 0.3 is 0 Å². The molecule has 0 atom stereocenters. The number of aromatic amines is 1. The number of hydrogen-bond acceptors (Lipinski definition) is 3. The van der Waals surface area contributed by atoms with E-state index in [0.29, 0.717) is 5.69 Å². The fraction of sp³-hybridized carbons (Fsp3) is 0.214. The number of fused-ring (bicyclic) bond motifs is 1. The molecule has 3 rings (SSSR count). The van der Waals surface area contributed by atoms with Crippen LogP contribution in [-0.2, 0) is 7.05 Å². The van der Waals surface area contributed by atoms with E-state index in [1.807, 2.05) is 19.2 Å². The molecule has 0 aliphatic rings. The number of H-pyrrole nitrogens is 1. The molecule has 5 heteroatoms. The van der Waals surface area contributed by atoms with Crippen LogP contribution in [-0.4, -0.2) is 21.9 Å². The van der Waals surface area contributed by atoms with Crippen LogP contribution < -0.4 is 10.5 Å². The van der Waals surface area contributed by atoms with Gasteiger partial charge in [0.1, 0.15) is 5.75 Å². The molecule has 1 aromatic carbocycles. The third kappa shape index (κ3) is 1.58. The number of aryl methyl sites for hydroxylation is 1. The number of benzene rings is 1. The molecular weight excluding hydrogens is 240 g/mol. The summed E-state index contributed by atoms with van der Waals surface area (Å²) < 4.78 is 7.45. The van der Waals surface area contributed by atoms with Gasteiger partial charge in [0, 0.05) is 29.2 Å². The molecule has 0 amide bonds. The Morgan fingerprint density at radius 3 is 2.79 bits per heavy atom. The number of aromatic nitrogens is 3. The van der Waals surface area contributed by atoms with Crippen LogP contribution in [0, 0.1) is 6.92 Å². The van der Waals surface area contributed by atoms with Crippen molar-refractivity contribution in [2.24, 2.45) is 7.05 Å². The highest BCUT2D eigenvalue weighted by atomic mass is 16.5. The van der Waals surface area contributed by atoms with Gasteiger partial charge in [0.15, 0.2) is 0 Å². The Bertz CT molecular complexity index is 754. The van der Waals surface area contributed by atoms with Crippen LogP contribution in [0.15, 0.2) is 24.4 Å². The predicted molar refractivity (Wildman–Crippen MR) is 76.2 cm³/mol. The van der Waals surface area contributed by atoms with Crippen molar-refractivity contribution in [3.8, 4) is 17.0 Å². The zero-order valence-corrected chi connectivity index (χ0v) is 11.2. The Labute approximate surface area is 111 Å². The highest BCUT2D eigenvalue weighted by Crippen LogP contribution is 2.37. The second-order valence-corrected chi connectivity index (χ2v) is 4.60. The molecule has 5 nitrogen and oxygen atoms in total. The molecular formula is C14H16N4O. The molecule has 0 bridgehead atoms. The lowest BCUT2D eigenvalue weighted by Gasteiger charge is -2.02. The Balaban J connectivity index is 2.40. The highest BCUT2D eigenvalue weighted by Gasteiger charge is 2.17. The van der Waals surface area contributed by atoms with Crippen LogP contribution >= 0.6 is 0 Å². The first kappa shape index (κ1) is 11.6. The Kier molecular flexibility index (Phi) is 2.48. The zero-order chi connectivity index (χ0) is 13.6. The molecule has 3 N–H and O–H groups in total. The van der Waals surface area contributed by atoms with Gasteiger partial charge in [0.05, 0.1) is 24.7 Å². The van der Waals surface area contributed by atoms with Gasteiger partial charge in [-0.3, -0.25) is 5.10 Å². The summed E-state index contributed by atoms with van der Waals surface area (Å²) in [4.78, 5) is 0. The average Bonchev–Trinajstić information content (AvgIpc) is 2.93. The van der Waals surface area contributed by atoms with Crippen molar-refractivity contribution in [1.29, 1.82) is 0 Å². The fourth-order valence-corrected chi connectivity index (χ4v) is 2.49. The minimum atomic E-state index is 0.651. The molecule has 19 heavy (non-hydrogen) atoms. The van der Waals surface area contributed by atoms with E-state index in [9.17, 15) is 0 Å². The van der Waals surface area contributed by atoms with Crippen molar-refractivity contribution in [2.75, 3.05) is 12.8 Å². The second-order valence-electron chi connectivity index (χ2n) is 4.60. The van der Waals surface area contributed by atoms with Crippen LogP contribution in [0.1, 0.15) is 5.69 Å². The molecule has 0 radical (unpaired) electrons. The van der Waals surface area contributed by atoms with E-state index in [0.717, 1.165) is 33.6 Å². The third-order valence-electron chi connectivity index (χ3n) is 3.62. The van der Waals surface area contributed by atoms with E-state index in [2.05, 4.69) is 27.8 Å². The van der Waals surface area contributed by atoms with Crippen molar-refractivity contribution in [2.45, 2.75) is 6.92 Å². The maximum Gasteiger partial charge on any atom is 0.119 e. The normalized spacial score (nSPS) is 11.1. The van der Waals surface area contributed by atoms with Gasteiger partial charge in [0.2, 0.25) is 0 Å². The molecule has 0 saturated carbocycles. The first-order chi connectivity index (χ1) is 9.13. The van der Waals surface area contributed by atoms with E-state index in [-0.39, 0.29) is 0 Å². The molecule has 2 heterocycles. The van der Waals surface area contributed by atoms with Crippen molar-refractivity contribution >= 4 is 16.6 Å². The monoisotopic (exact) mass is 256 g/mol. The molecule has 0 unspecified atom stereocenters. The van der Waals surface area contributed by atoms with Gasteiger partial charge in [-0.2, -0.15) is 5.10 Å². The summed E-state index contributed by atoms with van der Waals surface area (Å²) in [5.41, 5.74) is 10.8. The highest BCUT2D eigenvalue weighted by molar-refractivity contribution is 6.00. The first-order valence-corrected chi connectivity index (χ1v) is 6.05. The Morgan fingerprint density at radius 1 is 1.37 bits per heavy atom. The quantitative estimate of drug-likeness (QED) is 0.740. The fourth-order valence-electron chi connectivity index (χ4n) is 2.49. The SMILES string of the molecule is COc1ccc2c(c1)c(-c1[nH]ncc1N)c(C)n2C. The predicted octanol–water partition coefficient (Wildman–Crippen LogP) is 2.47. The maximum atomic E-state index is 5.98. The van der Waals surface area contributed by atoms with Gasteiger partial charge in [-0.25, -0.2) is 0 Å². The molecule has 0 spiro atoms. The molecule has 0 fully saturated rings. The molecule has 0 aliphatic heterocycles. The summed E-state index contributed by atoms with van der Waals surface area (Å²) in [7, 11) is 3.71. The zero-order valence-electron chi connectivity index (χ0n) is 11.2. The second kappa shape index (κ2) is 4.05. The van der Waals surface area contributed by atoms with E-state index >= 15 is 0 Å².